The fourth-order valence-corrected chi connectivity index (χ4v) is 2.30. The lowest BCUT2D eigenvalue weighted by Gasteiger charge is -2.06. The van der Waals surface area contributed by atoms with Crippen LogP contribution in [0.5, 0.6) is 0 Å². The van der Waals surface area contributed by atoms with Crippen molar-refractivity contribution in [3.63, 3.8) is 0 Å². The highest BCUT2D eigenvalue weighted by atomic mass is 19.1. The van der Waals surface area contributed by atoms with Gasteiger partial charge in [0, 0.05) is 11.3 Å². The molecule has 0 saturated heterocycles. The largest absolute Gasteiger partial charge is 0.360 e. The zero-order valence-corrected chi connectivity index (χ0v) is 14.1. The summed E-state index contributed by atoms with van der Waals surface area (Å²) in [7, 11) is 0. The number of benzene rings is 2. The first-order valence-corrected chi connectivity index (χ1v) is 7.75. The first-order chi connectivity index (χ1) is 12.4. The zero-order chi connectivity index (χ0) is 18.7. The van der Waals surface area contributed by atoms with Gasteiger partial charge in [-0.05, 0) is 56.3 Å². The summed E-state index contributed by atoms with van der Waals surface area (Å²) in [5.41, 5.74) is 2.00. The quantitative estimate of drug-likeness (QED) is 0.703. The van der Waals surface area contributed by atoms with Gasteiger partial charge < -0.3 is 9.84 Å². The molecule has 1 aromatic heterocycles. The molecule has 3 aromatic rings. The van der Waals surface area contributed by atoms with E-state index >= 15 is 0 Å². The third kappa shape index (κ3) is 3.78. The molecule has 26 heavy (non-hydrogen) atoms. The van der Waals surface area contributed by atoms with Gasteiger partial charge >= 0.3 is 0 Å². The lowest BCUT2D eigenvalue weighted by molar-refractivity contribution is 0.102. The summed E-state index contributed by atoms with van der Waals surface area (Å²) in [6.07, 6.45) is 0. The fraction of sp³-hybridized carbons (Fsp3) is 0.100. The number of aryl methyl sites for hydroxylation is 2. The molecule has 0 fully saturated rings. The molecule has 0 aliphatic heterocycles. The third-order valence-corrected chi connectivity index (χ3v) is 3.68. The Morgan fingerprint density at radius 2 is 1.81 bits per heavy atom. The standard InChI is InChI=1S/C20H14F2N2O2/c1-12-17(13(2)26-24-12)9-3-14-4-10-19(22)18(11-14)20(25)23-16-7-5-15(21)6-8-16/h4-8,10-11H,1-2H3,(H,23,25). The van der Waals surface area contributed by atoms with Crippen LogP contribution in [0.2, 0.25) is 0 Å². The van der Waals surface area contributed by atoms with Crippen molar-refractivity contribution in [2.45, 2.75) is 13.8 Å². The zero-order valence-electron chi connectivity index (χ0n) is 14.1. The van der Waals surface area contributed by atoms with Crippen molar-refractivity contribution < 1.29 is 18.1 Å². The van der Waals surface area contributed by atoms with Crippen molar-refractivity contribution >= 4 is 11.6 Å². The van der Waals surface area contributed by atoms with Crippen LogP contribution in [0, 0.1) is 37.3 Å². The number of carbonyl (C=O) groups excluding carboxylic acids is 1. The number of nitrogens with one attached hydrogen (secondary N) is 1. The Hall–Kier alpha value is -3.46. The van der Waals surface area contributed by atoms with Crippen LogP contribution < -0.4 is 5.32 Å². The van der Waals surface area contributed by atoms with Gasteiger partial charge in [-0.1, -0.05) is 17.0 Å². The normalized spacial score (nSPS) is 10.2. The molecule has 6 heteroatoms. The van der Waals surface area contributed by atoms with Gasteiger partial charge in [0.15, 0.2) is 0 Å². The second kappa shape index (κ2) is 7.19. The van der Waals surface area contributed by atoms with Crippen LogP contribution in [0.3, 0.4) is 0 Å². The number of rotatable bonds is 2. The monoisotopic (exact) mass is 352 g/mol. The van der Waals surface area contributed by atoms with Gasteiger partial charge in [0.2, 0.25) is 0 Å². The summed E-state index contributed by atoms with van der Waals surface area (Å²) in [4.78, 5) is 12.3. The summed E-state index contributed by atoms with van der Waals surface area (Å²) in [5.74, 6) is 4.64. The minimum absolute atomic E-state index is 0.153. The fourth-order valence-electron chi connectivity index (χ4n) is 2.30. The molecule has 0 bridgehead atoms. The van der Waals surface area contributed by atoms with E-state index in [4.69, 9.17) is 4.52 Å². The van der Waals surface area contributed by atoms with Gasteiger partial charge in [-0.3, -0.25) is 4.79 Å². The van der Waals surface area contributed by atoms with Gasteiger partial charge in [-0.25, -0.2) is 8.78 Å². The van der Waals surface area contributed by atoms with Crippen LogP contribution in [0.25, 0.3) is 0 Å². The van der Waals surface area contributed by atoms with E-state index in [2.05, 4.69) is 22.3 Å². The predicted octanol–water partition coefficient (Wildman–Crippen LogP) is 4.22. The second-order valence-corrected chi connectivity index (χ2v) is 5.60. The Labute approximate surface area is 148 Å². The number of aromatic nitrogens is 1. The number of hydrogen-bond donors (Lipinski definition) is 1. The Balaban J connectivity index is 1.86. The van der Waals surface area contributed by atoms with E-state index in [1.54, 1.807) is 13.8 Å². The van der Waals surface area contributed by atoms with Crippen LogP contribution in [-0.2, 0) is 0 Å². The average Bonchev–Trinajstić information content (AvgIpc) is 2.94. The number of hydrogen-bond acceptors (Lipinski definition) is 3. The van der Waals surface area contributed by atoms with Gasteiger partial charge in [-0.15, -0.1) is 0 Å². The van der Waals surface area contributed by atoms with Crippen LogP contribution in [0.15, 0.2) is 47.0 Å². The third-order valence-electron chi connectivity index (χ3n) is 3.68. The van der Waals surface area contributed by atoms with Gasteiger partial charge in [-0.2, -0.15) is 0 Å². The van der Waals surface area contributed by atoms with E-state index < -0.39 is 17.5 Å². The highest BCUT2D eigenvalue weighted by molar-refractivity contribution is 6.04. The maximum atomic E-state index is 14.0. The Bertz CT molecular complexity index is 1010. The Morgan fingerprint density at radius 3 is 2.46 bits per heavy atom. The van der Waals surface area contributed by atoms with Crippen molar-refractivity contribution in [2.75, 3.05) is 5.32 Å². The summed E-state index contributed by atoms with van der Waals surface area (Å²) in [5, 5.41) is 6.34. The predicted molar refractivity (Wildman–Crippen MR) is 92.7 cm³/mol. The second-order valence-electron chi connectivity index (χ2n) is 5.60. The van der Waals surface area contributed by atoms with Crippen molar-refractivity contribution in [1.29, 1.82) is 0 Å². The van der Waals surface area contributed by atoms with Crippen LogP contribution in [0.1, 0.15) is 32.9 Å². The van der Waals surface area contributed by atoms with Crippen LogP contribution in [0.4, 0.5) is 14.5 Å². The minimum Gasteiger partial charge on any atom is -0.360 e. The highest BCUT2D eigenvalue weighted by Gasteiger charge is 2.13. The van der Waals surface area contributed by atoms with Crippen molar-refractivity contribution in [2.24, 2.45) is 0 Å². The van der Waals surface area contributed by atoms with Crippen molar-refractivity contribution in [1.82, 2.24) is 5.16 Å². The van der Waals surface area contributed by atoms with Crippen LogP contribution in [-0.4, -0.2) is 11.1 Å². The number of anilines is 1. The van der Waals surface area contributed by atoms with Crippen LogP contribution >= 0.6 is 0 Å². The average molecular weight is 352 g/mol. The summed E-state index contributed by atoms with van der Waals surface area (Å²) in [6.45, 7) is 3.52. The van der Waals surface area contributed by atoms with Gasteiger partial charge in [0.1, 0.15) is 17.4 Å². The van der Waals surface area contributed by atoms with Crippen molar-refractivity contribution in [3.8, 4) is 11.8 Å². The molecular weight excluding hydrogens is 338 g/mol. The molecule has 130 valence electrons. The molecule has 0 unspecified atom stereocenters. The molecule has 0 atom stereocenters. The van der Waals surface area contributed by atoms with Gasteiger partial charge in [0.25, 0.3) is 5.91 Å². The molecule has 0 aliphatic carbocycles. The summed E-state index contributed by atoms with van der Waals surface area (Å²) >= 11 is 0. The summed E-state index contributed by atoms with van der Waals surface area (Å²) < 4.78 is 32.0. The lowest BCUT2D eigenvalue weighted by Crippen LogP contribution is -2.14. The maximum Gasteiger partial charge on any atom is 0.258 e. The maximum absolute atomic E-state index is 14.0. The van der Waals surface area contributed by atoms with Crippen molar-refractivity contribution in [3.05, 3.63) is 82.2 Å². The molecule has 4 nitrogen and oxygen atoms in total. The molecule has 1 heterocycles. The number of amides is 1. The van der Waals surface area contributed by atoms with E-state index in [1.807, 2.05) is 0 Å². The smallest absolute Gasteiger partial charge is 0.258 e. The highest BCUT2D eigenvalue weighted by Crippen LogP contribution is 2.15. The van der Waals surface area contributed by atoms with E-state index in [9.17, 15) is 13.6 Å². The lowest BCUT2D eigenvalue weighted by atomic mass is 10.1. The van der Waals surface area contributed by atoms with E-state index in [-0.39, 0.29) is 5.56 Å². The first-order valence-electron chi connectivity index (χ1n) is 7.75. The molecule has 0 saturated carbocycles. The molecule has 0 spiro atoms. The first kappa shape index (κ1) is 17.4. The Morgan fingerprint density at radius 1 is 1.08 bits per heavy atom. The van der Waals surface area contributed by atoms with E-state index in [0.29, 0.717) is 28.3 Å². The molecule has 1 N–H and O–H groups in total. The molecule has 0 aliphatic rings. The van der Waals surface area contributed by atoms with E-state index in [0.717, 1.165) is 0 Å². The summed E-state index contributed by atoms with van der Waals surface area (Å²) in [6, 6.07) is 9.22. The molecule has 3 rings (SSSR count). The molecule has 1 amide bonds. The number of carbonyl (C=O) groups is 1. The molecular formula is C20H14F2N2O2. The minimum atomic E-state index is -0.674. The topological polar surface area (TPSA) is 55.1 Å². The Kier molecular flexibility index (Phi) is 4.81. The van der Waals surface area contributed by atoms with Gasteiger partial charge in [0.05, 0.1) is 16.8 Å². The molecule has 0 radical (unpaired) electrons. The number of nitrogens with zero attached hydrogens (tertiary/aromatic N) is 1. The SMILES string of the molecule is Cc1noc(C)c1C#Cc1ccc(F)c(C(=O)Nc2ccc(F)cc2)c1. The van der Waals surface area contributed by atoms with E-state index in [1.165, 1.54) is 42.5 Å². The molecule has 2 aromatic carbocycles. The number of halogens is 2.